The predicted octanol–water partition coefficient (Wildman–Crippen LogP) is 3.25. The van der Waals surface area contributed by atoms with Crippen molar-refractivity contribution in [2.24, 2.45) is 5.92 Å². The number of amides is 2. The normalized spacial score (nSPS) is 21.1. The Morgan fingerprint density at radius 1 is 0.900 bits per heavy atom. The number of piperazine rings is 1. The third-order valence-electron chi connectivity index (χ3n) is 6.34. The van der Waals surface area contributed by atoms with E-state index in [2.05, 4.69) is 0 Å². The van der Waals surface area contributed by atoms with Crippen molar-refractivity contribution < 1.29 is 14.0 Å². The molecule has 2 amide bonds. The minimum atomic E-state index is -0.254. The molecule has 0 bridgehead atoms. The topological polar surface area (TPSA) is 45.6 Å². The van der Waals surface area contributed by atoms with E-state index in [9.17, 15) is 14.0 Å². The van der Waals surface area contributed by atoms with Crippen molar-refractivity contribution in [3.8, 4) is 0 Å². The Morgan fingerprint density at radius 2 is 1.60 bits per heavy atom. The van der Waals surface area contributed by atoms with E-state index in [0.717, 1.165) is 22.9 Å². The first-order valence-electron chi connectivity index (χ1n) is 10.5. The molecule has 1 saturated heterocycles. The van der Waals surface area contributed by atoms with Crippen LogP contribution in [0.25, 0.3) is 10.9 Å². The molecular formula is C24H24FN3O2. The van der Waals surface area contributed by atoms with Crippen molar-refractivity contribution in [3.05, 3.63) is 72.2 Å². The number of aromatic nitrogens is 1. The zero-order valence-corrected chi connectivity index (χ0v) is 16.7. The Labute approximate surface area is 174 Å². The van der Waals surface area contributed by atoms with Crippen molar-refractivity contribution >= 4 is 22.7 Å². The average Bonchev–Trinajstić information content (AvgIpc) is 3.48. The lowest BCUT2D eigenvalue weighted by Gasteiger charge is -2.35. The highest BCUT2D eigenvalue weighted by molar-refractivity contribution is 5.85. The number of hydrogen-bond acceptors (Lipinski definition) is 2. The second kappa shape index (κ2) is 7.59. The minimum Gasteiger partial charge on any atom is -0.339 e. The van der Waals surface area contributed by atoms with Gasteiger partial charge in [0.05, 0.1) is 0 Å². The fraction of sp³-hybridized carbons (Fsp3) is 0.333. The Bertz CT molecular complexity index is 1080. The molecular weight excluding hydrogens is 381 g/mol. The van der Waals surface area contributed by atoms with Gasteiger partial charge in [-0.05, 0) is 47.6 Å². The number of halogens is 1. The van der Waals surface area contributed by atoms with E-state index >= 15 is 0 Å². The molecule has 154 valence electrons. The zero-order chi connectivity index (χ0) is 20.7. The van der Waals surface area contributed by atoms with Crippen LogP contribution in [0.2, 0.25) is 0 Å². The van der Waals surface area contributed by atoms with Crippen LogP contribution >= 0.6 is 0 Å². The zero-order valence-electron chi connectivity index (χ0n) is 16.7. The lowest BCUT2D eigenvalue weighted by Crippen LogP contribution is -2.51. The predicted molar refractivity (Wildman–Crippen MR) is 112 cm³/mol. The van der Waals surface area contributed by atoms with Gasteiger partial charge >= 0.3 is 0 Å². The van der Waals surface area contributed by atoms with Crippen LogP contribution in [0.1, 0.15) is 17.9 Å². The van der Waals surface area contributed by atoms with Crippen LogP contribution in [0.15, 0.2) is 60.8 Å². The van der Waals surface area contributed by atoms with E-state index in [0.29, 0.717) is 32.7 Å². The molecule has 0 N–H and O–H groups in total. The molecule has 2 fully saturated rings. The molecule has 1 aliphatic carbocycles. The van der Waals surface area contributed by atoms with Crippen LogP contribution in [0.3, 0.4) is 0 Å². The van der Waals surface area contributed by atoms with Gasteiger partial charge in [0.1, 0.15) is 12.4 Å². The van der Waals surface area contributed by atoms with Crippen molar-refractivity contribution in [3.63, 3.8) is 0 Å². The van der Waals surface area contributed by atoms with E-state index in [1.165, 1.54) is 12.1 Å². The summed E-state index contributed by atoms with van der Waals surface area (Å²) >= 11 is 0. The molecule has 5 rings (SSSR count). The van der Waals surface area contributed by atoms with Gasteiger partial charge in [-0.3, -0.25) is 9.59 Å². The third-order valence-corrected chi connectivity index (χ3v) is 6.34. The number of carbonyl (C=O) groups excluding carboxylic acids is 2. The largest absolute Gasteiger partial charge is 0.339 e. The van der Waals surface area contributed by atoms with Crippen LogP contribution in [-0.4, -0.2) is 52.4 Å². The maximum Gasteiger partial charge on any atom is 0.242 e. The summed E-state index contributed by atoms with van der Waals surface area (Å²) in [4.78, 5) is 29.3. The highest BCUT2D eigenvalue weighted by atomic mass is 19.1. The molecule has 1 saturated carbocycles. The second-order valence-corrected chi connectivity index (χ2v) is 8.21. The number of benzene rings is 2. The first kappa shape index (κ1) is 18.9. The Hall–Kier alpha value is -3.15. The van der Waals surface area contributed by atoms with Crippen molar-refractivity contribution in [2.45, 2.75) is 18.9 Å². The summed E-state index contributed by atoms with van der Waals surface area (Å²) in [5.41, 5.74) is 2.09. The summed E-state index contributed by atoms with van der Waals surface area (Å²) in [5, 5.41) is 1.13. The molecule has 3 aromatic rings. The molecule has 2 unspecified atom stereocenters. The first-order chi connectivity index (χ1) is 14.6. The average molecular weight is 405 g/mol. The molecule has 6 heteroatoms. The van der Waals surface area contributed by atoms with Gasteiger partial charge in [0.2, 0.25) is 11.8 Å². The third kappa shape index (κ3) is 3.58. The number of nitrogens with zero attached hydrogens (tertiary/aromatic N) is 3. The Kier molecular flexibility index (Phi) is 4.77. The summed E-state index contributed by atoms with van der Waals surface area (Å²) < 4.78 is 15.1. The molecule has 1 aromatic heterocycles. The van der Waals surface area contributed by atoms with Crippen LogP contribution in [0.5, 0.6) is 0 Å². The van der Waals surface area contributed by atoms with E-state index < -0.39 is 0 Å². The SMILES string of the molecule is O=C(Cn1ccc2ccccc21)N1CCN(C(=O)C2CC2c2ccc(F)cc2)CC1. The van der Waals surface area contributed by atoms with Gasteiger partial charge in [0, 0.05) is 43.8 Å². The minimum absolute atomic E-state index is 0.0102. The van der Waals surface area contributed by atoms with E-state index in [4.69, 9.17) is 0 Å². The summed E-state index contributed by atoms with van der Waals surface area (Å²) in [5.74, 6) is 0.173. The summed E-state index contributed by atoms with van der Waals surface area (Å²) in [6.45, 7) is 2.60. The monoisotopic (exact) mass is 405 g/mol. The van der Waals surface area contributed by atoms with Gasteiger partial charge in [-0.2, -0.15) is 0 Å². The summed E-state index contributed by atoms with van der Waals surface area (Å²) in [6.07, 6.45) is 2.77. The fourth-order valence-electron chi connectivity index (χ4n) is 4.48. The van der Waals surface area contributed by atoms with Crippen LogP contribution in [-0.2, 0) is 16.1 Å². The first-order valence-corrected chi connectivity index (χ1v) is 10.5. The van der Waals surface area contributed by atoms with E-state index in [1.807, 2.05) is 50.9 Å². The standard InChI is InChI=1S/C24H24FN3O2/c25-19-7-5-17(6-8-19)20-15-21(20)24(30)27-13-11-26(12-14-27)23(29)16-28-10-9-18-3-1-2-4-22(18)28/h1-10,20-21H,11-16H2. The van der Waals surface area contributed by atoms with Crippen molar-refractivity contribution in [1.82, 2.24) is 14.4 Å². The molecule has 1 aliphatic heterocycles. The van der Waals surface area contributed by atoms with E-state index in [1.54, 1.807) is 12.1 Å². The molecule has 2 aliphatic rings. The van der Waals surface area contributed by atoms with Gasteiger partial charge in [-0.1, -0.05) is 30.3 Å². The van der Waals surface area contributed by atoms with Gasteiger partial charge < -0.3 is 14.4 Å². The molecule has 2 heterocycles. The maximum atomic E-state index is 13.1. The highest BCUT2D eigenvalue weighted by Gasteiger charge is 2.46. The number of carbonyl (C=O) groups is 2. The van der Waals surface area contributed by atoms with Crippen LogP contribution < -0.4 is 0 Å². The number of para-hydroxylation sites is 1. The maximum absolute atomic E-state index is 13.1. The lowest BCUT2D eigenvalue weighted by molar-refractivity contribution is -0.140. The van der Waals surface area contributed by atoms with Gasteiger partial charge in [-0.15, -0.1) is 0 Å². The van der Waals surface area contributed by atoms with Crippen LogP contribution in [0, 0.1) is 11.7 Å². The molecule has 0 spiro atoms. The number of hydrogen-bond donors (Lipinski definition) is 0. The number of rotatable bonds is 4. The lowest BCUT2D eigenvalue weighted by atomic mass is 10.1. The smallest absolute Gasteiger partial charge is 0.242 e. The van der Waals surface area contributed by atoms with E-state index in [-0.39, 0.29) is 29.5 Å². The summed E-state index contributed by atoms with van der Waals surface area (Å²) in [7, 11) is 0. The quantitative estimate of drug-likeness (QED) is 0.669. The molecule has 0 radical (unpaired) electrons. The highest BCUT2D eigenvalue weighted by Crippen LogP contribution is 2.48. The van der Waals surface area contributed by atoms with Crippen LogP contribution in [0.4, 0.5) is 4.39 Å². The fourth-order valence-corrected chi connectivity index (χ4v) is 4.48. The van der Waals surface area contributed by atoms with Gasteiger partial charge in [0.25, 0.3) is 0 Å². The molecule has 2 aromatic carbocycles. The molecule has 5 nitrogen and oxygen atoms in total. The number of fused-ring (bicyclic) bond motifs is 1. The van der Waals surface area contributed by atoms with Crippen molar-refractivity contribution in [1.29, 1.82) is 0 Å². The van der Waals surface area contributed by atoms with Gasteiger partial charge in [0.15, 0.2) is 0 Å². The Morgan fingerprint density at radius 3 is 2.37 bits per heavy atom. The van der Waals surface area contributed by atoms with Crippen molar-refractivity contribution in [2.75, 3.05) is 26.2 Å². The Balaban J connectivity index is 1.15. The second-order valence-electron chi connectivity index (χ2n) is 8.21. The molecule has 2 atom stereocenters. The summed E-state index contributed by atoms with van der Waals surface area (Å²) in [6, 6.07) is 16.5. The molecule has 30 heavy (non-hydrogen) atoms. The van der Waals surface area contributed by atoms with Gasteiger partial charge in [-0.25, -0.2) is 4.39 Å².